The molecule has 18 heavy (non-hydrogen) atoms. The second kappa shape index (κ2) is 5.45. The predicted molar refractivity (Wildman–Crippen MR) is 66.1 cm³/mol. The van der Waals surface area contributed by atoms with Crippen molar-refractivity contribution in [3.63, 3.8) is 0 Å². The van der Waals surface area contributed by atoms with Crippen LogP contribution in [0, 0.1) is 27.4 Å². The zero-order valence-electron chi connectivity index (χ0n) is 9.93. The molecule has 94 valence electrons. The molecule has 1 aliphatic rings. The van der Waals surface area contributed by atoms with Crippen molar-refractivity contribution in [2.45, 2.75) is 25.7 Å². The Morgan fingerprint density at radius 2 is 2.28 bits per heavy atom. The molecule has 0 aromatic carbocycles. The Morgan fingerprint density at radius 3 is 2.89 bits per heavy atom. The molecule has 1 N–H and O–H groups in total. The van der Waals surface area contributed by atoms with Crippen LogP contribution in [-0.2, 0) is 0 Å². The lowest BCUT2D eigenvalue weighted by atomic mass is 10.1. The molecule has 6 heteroatoms. The Kier molecular flexibility index (Phi) is 3.72. The van der Waals surface area contributed by atoms with Gasteiger partial charge in [0.05, 0.1) is 10.5 Å². The highest BCUT2D eigenvalue weighted by atomic mass is 16.6. The highest BCUT2D eigenvalue weighted by Gasteiger charge is 2.19. The van der Waals surface area contributed by atoms with Crippen molar-refractivity contribution in [2.75, 3.05) is 11.9 Å². The van der Waals surface area contributed by atoms with E-state index >= 15 is 0 Å². The summed E-state index contributed by atoms with van der Waals surface area (Å²) in [6, 6.07) is 3.11. The second-order valence-electron chi connectivity index (χ2n) is 4.49. The smallest absolute Gasteiger partial charge is 0.312 e. The molecule has 1 heterocycles. The molecule has 0 aliphatic heterocycles. The van der Waals surface area contributed by atoms with Gasteiger partial charge in [-0.15, -0.1) is 0 Å². The highest BCUT2D eigenvalue weighted by Crippen LogP contribution is 2.27. The quantitative estimate of drug-likeness (QED) is 0.650. The minimum atomic E-state index is -0.509. The summed E-state index contributed by atoms with van der Waals surface area (Å²) in [7, 11) is 0. The van der Waals surface area contributed by atoms with Gasteiger partial charge in [0.2, 0.25) is 5.82 Å². The van der Waals surface area contributed by atoms with Gasteiger partial charge in [0.15, 0.2) is 0 Å². The van der Waals surface area contributed by atoms with E-state index < -0.39 is 4.92 Å². The van der Waals surface area contributed by atoms with E-state index in [1.165, 1.54) is 25.1 Å². The van der Waals surface area contributed by atoms with Crippen molar-refractivity contribution in [1.82, 2.24) is 4.98 Å². The normalized spacial score (nSPS) is 15.3. The van der Waals surface area contributed by atoms with Gasteiger partial charge in [-0.3, -0.25) is 10.1 Å². The fourth-order valence-corrected chi connectivity index (χ4v) is 2.25. The van der Waals surface area contributed by atoms with Crippen LogP contribution in [0.2, 0.25) is 0 Å². The van der Waals surface area contributed by atoms with E-state index in [0.29, 0.717) is 12.5 Å². The minimum absolute atomic E-state index is 0.132. The molecule has 1 aliphatic carbocycles. The van der Waals surface area contributed by atoms with Crippen LogP contribution in [-0.4, -0.2) is 16.5 Å². The Balaban J connectivity index is 2.11. The second-order valence-corrected chi connectivity index (χ2v) is 4.49. The van der Waals surface area contributed by atoms with Crippen LogP contribution in [0.3, 0.4) is 0 Å². The van der Waals surface area contributed by atoms with Crippen LogP contribution in [0.5, 0.6) is 0 Å². The highest BCUT2D eigenvalue weighted by molar-refractivity contribution is 5.58. The van der Waals surface area contributed by atoms with Crippen molar-refractivity contribution in [3.05, 3.63) is 27.9 Å². The summed E-state index contributed by atoms with van der Waals surface area (Å²) >= 11 is 0. The minimum Gasteiger partial charge on any atom is -0.364 e. The molecule has 0 saturated heterocycles. The number of pyridine rings is 1. The van der Waals surface area contributed by atoms with Crippen LogP contribution < -0.4 is 5.32 Å². The third-order valence-corrected chi connectivity index (χ3v) is 3.23. The predicted octanol–water partition coefficient (Wildman–Crippen LogP) is 2.46. The van der Waals surface area contributed by atoms with E-state index in [-0.39, 0.29) is 17.1 Å². The molecule has 1 aromatic rings. The lowest BCUT2D eigenvalue weighted by Crippen LogP contribution is -2.13. The first-order valence-electron chi connectivity index (χ1n) is 5.99. The molecule has 0 atom stereocenters. The van der Waals surface area contributed by atoms with E-state index in [9.17, 15) is 10.1 Å². The summed E-state index contributed by atoms with van der Waals surface area (Å²) in [5.41, 5.74) is 0.0696. The number of hydrogen-bond acceptors (Lipinski definition) is 5. The van der Waals surface area contributed by atoms with E-state index in [1.807, 2.05) is 6.07 Å². The van der Waals surface area contributed by atoms with Gasteiger partial charge in [-0.05, 0) is 18.8 Å². The molecule has 0 bridgehead atoms. The Labute approximate surface area is 105 Å². The molecule has 1 aromatic heterocycles. The summed E-state index contributed by atoms with van der Waals surface area (Å²) in [4.78, 5) is 14.3. The maximum atomic E-state index is 10.9. The van der Waals surface area contributed by atoms with E-state index in [0.717, 1.165) is 12.8 Å². The molecule has 1 saturated carbocycles. The van der Waals surface area contributed by atoms with Crippen LogP contribution in [0.15, 0.2) is 12.3 Å². The fraction of sp³-hybridized carbons (Fsp3) is 0.500. The maximum absolute atomic E-state index is 10.9. The van der Waals surface area contributed by atoms with Gasteiger partial charge in [0, 0.05) is 18.8 Å². The summed E-state index contributed by atoms with van der Waals surface area (Å²) in [6.07, 6.45) is 6.14. The molecule has 2 rings (SSSR count). The number of nitrogens with zero attached hydrogens (tertiary/aromatic N) is 3. The van der Waals surface area contributed by atoms with Gasteiger partial charge >= 0.3 is 5.69 Å². The largest absolute Gasteiger partial charge is 0.364 e. The summed E-state index contributed by atoms with van der Waals surface area (Å²) in [5, 5.41) is 22.6. The molecule has 0 spiro atoms. The summed E-state index contributed by atoms with van der Waals surface area (Å²) in [5.74, 6) is 0.827. The standard InChI is InChI=1S/C12H14N4O2/c13-6-10-5-11(16(17)18)12(15-8-10)14-7-9-3-1-2-4-9/h5,8-9H,1-4,7H2,(H,14,15). The molecule has 0 unspecified atom stereocenters. The van der Waals surface area contributed by atoms with Crippen LogP contribution >= 0.6 is 0 Å². The fourth-order valence-electron chi connectivity index (χ4n) is 2.25. The van der Waals surface area contributed by atoms with Crippen molar-refractivity contribution >= 4 is 11.5 Å². The number of rotatable bonds is 4. The number of anilines is 1. The Hall–Kier alpha value is -2.16. The lowest BCUT2D eigenvalue weighted by molar-refractivity contribution is -0.384. The zero-order valence-corrected chi connectivity index (χ0v) is 9.93. The summed E-state index contributed by atoms with van der Waals surface area (Å²) in [6.45, 7) is 0.708. The third kappa shape index (κ3) is 2.74. The molecular formula is C12H14N4O2. The van der Waals surface area contributed by atoms with Gasteiger partial charge in [0.1, 0.15) is 6.07 Å². The van der Waals surface area contributed by atoms with Crippen molar-refractivity contribution in [2.24, 2.45) is 5.92 Å². The Morgan fingerprint density at radius 1 is 1.56 bits per heavy atom. The van der Waals surface area contributed by atoms with Gasteiger partial charge < -0.3 is 5.32 Å². The van der Waals surface area contributed by atoms with E-state index in [1.54, 1.807) is 0 Å². The van der Waals surface area contributed by atoms with Gasteiger partial charge in [-0.2, -0.15) is 5.26 Å². The monoisotopic (exact) mass is 246 g/mol. The van der Waals surface area contributed by atoms with Gasteiger partial charge in [0.25, 0.3) is 0 Å². The third-order valence-electron chi connectivity index (χ3n) is 3.23. The number of nitro groups is 1. The average molecular weight is 246 g/mol. The molecule has 6 nitrogen and oxygen atoms in total. The number of nitriles is 1. The van der Waals surface area contributed by atoms with E-state index in [4.69, 9.17) is 5.26 Å². The lowest BCUT2D eigenvalue weighted by Gasteiger charge is -2.11. The molecule has 1 fully saturated rings. The number of nitrogens with one attached hydrogen (secondary N) is 1. The number of aromatic nitrogens is 1. The van der Waals surface area contributed by atoms with Gasteiger partial charge in [-0.25, -0.2) is 4.98 Å². The average Bonchev–Trinajstić information content (AvgIpc) is 2.89. The SMILES string of the molecule is N#Cc1cnc(NCC2CCCC2)c([N+](=O)[O-])c1. The molecule has 0 amide bonds. The first kappa shape index (κ1) is 12.3. The first-order valence-corrected chi connectivity index (χ1v) is 5.99. The van der Waals surface area contributed by atoms with Crippen LogP contribution in [0.1, 0.15) is 31.2 Å². The van der Waals surface area contributed by atoms with Crippen molar-refractivity contribution in [3.8, 4) is 6.07 Å². The van der Waals surface area contributed by atoms with E-state index in [2.05, 4.69) is 10.3 Å². The number of hydrogen-bond donors (Lipinski definition) is 1. The van der Waals surface area contributed by atoms with Crippen LogP contribution in [0.25, 0.3) is 0 Å². The first-order chi connectivity index (χ1) is 8.70. The van der Waals surface area contributed by atoms with Crippen LogP contribution in [0.4, 0.5) is 11.5 Å². The maximum Gasteiger partial charge on any atom is 0.312 e. The molecular weight excluding hydrogens is 232 g/mol. The summed E-state index contributed by atoms with van der Waals surface area (Å²) < 4.78 is 0. The van der Waals surface area contributed by atoms with Gasteiger partial charge in [-0.1, -0.05) is 12.8 Å². The molecule has 0 radical (unpaired) electrons. The zero-order chi connectivity index (χ0) is 13.0. The van der Waals surface area contributed by atoms with Crippen molar-refractivity contribution in [1.29, 1.82) is 5.26 Å². The van der Waals surface area contributed by atoms with Crippen molar-refractivity contribution < 1.29 is 4.92 Å². The Bertz CT molecular complexity index is 489. The topological polar surface area (TPSA) is 91.8 Å².